The summed E-state index contributed by atoms with van der Waals surface area (Å²) in [7, 11) is 1.70. The second kappa shape index (κ2) is 14.7. The van der Waals surface area contributed by atoms with Crippen molar-refractivity contribution in [2.75, 3.05) is 44.8 Å². The number of para-hydroxylation sites is 1. The van der Waals surface area contributed by atoms with Crippen LogP contribution in [0.4, 0.5) is 5.69 Å². The Morgan fingerprint density at radius 1 is 1.04 bits per heavy atom. The van der Waals surface area contributed by atoms with Gasteiger partial charge in [-0.2, -0.15) is 0 Å². The molecule has 10 atom stereocenters. The molecule has 0 bridgehead atoms. The molecule has 12 heteroatoms. The minimum atomic E-state index is -1.56. The first-order valence-electron chi connectivity index (χ1n) is 18.7. The molecule has 2 aromatic rings. The number of piperazine rings is 1. The highest BCUT2D eigenvalue weighted by molar-refractivity contribution is 6.33. The van der Waals surface area contributed by atoms with E-state index in [1.54, 1.807) is 25.2 Å². The van der Waals surface area contributed by atoms with Crippen molar-refractivity contribution >= 4 is 29.2 Å². The zero-order valence-corrected chi connectivity index (χ0v) is 31.6. The van der Waals surface area contributed by atoms with E-state index in [0.717, 1.165) is 57.7 Å². The summed E-state index contributed by atoms with van der Waals surface area (Å²) in [5, 5.41) is 29.9. The number of carbonyl (C=O) groups is 2. The number of carbonyl (C=O) groups excluding carboxylic acids is 2. The first-order chi connectivity index (χ1) is 24.8. The lowest BCUT2D eigenvalue weighted by molar-refractivity contribution is -0.225. The van der Waals surface area contributed by atoms with Crippen LogP contribution >= 0.6 is 11.6 Å². The van der Waals surface area contributed by atoms with Crippen LogP contribution in [0.2, 0.25) is 5.02 Å². The van der Waals surface area contributed by atoms with Crippen molar-refractivity contribution < 1.29 is 34.1 Å². The second-order valence-corrected chi connectivity index (χ2v) is 16.3. The zero-order valence-electron chi connectivity index (χ0n) is 30.8. The molecule has 3 N–H and O–H groups in total. The highest BCUT2D eigenvalue weighted by Gasteiger charge is 2.62. The third-order valence-electron chi connectivity index (χ3n) is 12.5. The van der Waals surface area contributed by atoms with Gasteiger partial charge in [-0.25, -0.2) is 0 Å². The molecule has 1 saturated carbocycles. The van der Waals surface area contributed by atoms with E-state index in [9.17, 15) is 19.8 Å². The largest absolute Gasteiger partial charge is 0.454 e. The Balaban J connectivity index is 1.08. The van der Waals surface area contributed by atoms with Gasteiger partial charge in [-0.1, -0.05) is 74.0 Å². The summed E-state index contributed by atoms with van der Waals surface area (Å²) >= 11 is 6.48. The number of benzene rings is 2. The number of halogens is 1. The van der Waals surface area contributed by atoms with Crippen LogP contribution in [0.1, 0.15) is 58.1 Å². The van der Waals surface area contributed by atoms with E-state index in [1.807, 2.05) is 13.8 Å². The van der Waals surface area contributed by atoms with E-state index in [4.69, 9.17) is 25.9 Å². The number of nitrogens with one attached hydrogen (secondary N) is 1. The predicted octanol–water partition coefficient (Wildman–Crippen LogP) is 4.25. The smallest absolute Gasteiger partial charge is 0.323 e. The number of nitrogens with zero attached hydrogens (tertiary/aromatic N) is 3. The second-order valence-electron chi connectivity index (χ2n) is 15.9. The van der Waals surface area contributed by atoms with Crippen molar-refractivity contribution in [2.24, 2.45) is 23.7 Å². The number of hydrogen-bond acceptors (Lipinski definition) is 11. The fourth-order valence-corrected chi connectivity index (χ4v) is 9.97. The fraction of sp³-hybridized carbons (Fsp3) is 0.600. The van der Waals surface area contributed by atoms with E-state index in [1.165, 1.54) is 17.6 Å². The van der Waals surface area contributed by atoms with E-state index < -0.39 is 47.6 Å². The van der Waals surface area contributed by atoms with Crippen molar-refractivity contribution in [1.29, 1.82) is 0 Å². The Hall–Kier alpha value is -3.03. The van der Waals surface area contributed by atoms with Crippen LogP contribution in [-0.4, -0.2) is 102 Å². The number of ether oxygens (including phenoxy) is 2. The maximum Gasteiger partial charge on any atom is 0.323 e. The molecule has 0 radical (unpaired) electrons. The topological polar surface area (TPSA) is 124 Å². The van der Waals surface area contributed by atoms with Gasteiger partial charge >= 0.3 is 11.9 Å². The van der Waals surface area contributed by atoms with Crippen molar-refractivity contribution in [3.63, 3.8) is 0 Å². The van der Waals surface area contributed by atoms with Gasteiger partial charge < -0.3 is 24.6 Å². The number of hydrogen-bond donors (Lipinski definition) is 3. The summed E-state index contributed by atoms with van der Waals surface area (Å²) in [6, 6.07) is 14.9. The van der Waals surface area contributed by atoms with Gasteiger partial charge in [0, 0.05) is 71.1 Å². The maximum atomic E-state index is 14.2. The number of fused-ring (bicyclic) bond motifs is 4. The molecule has 2 aromatic carbocycles. The molecule has 3 heterocycles. The van der Waals surface area contributed by atoms with E-state index in [2.05, 4.69) is 58.4 Å². The molecule has 0 spiro atoms. The lowest BCUT2D eigenvalue weighted by atomic mass is 9.55. The van der Waals surface area contributed by atoms with E-state index in [0.29, 0.717) is 16.3 Å². The monoisotopic (exact) mass is 736 g/mol. The lowest BCUT2D eigenvalue weighted by Crippen LogP contribution is -2.66. The van der Waals surface area contributed by atoms with Crippen molar-refractivity contribution in [3.05, 3.63) is 76.3 Å². The highest BCUT2D eigenvalue weighted by atomic mass is 35.5. The number of rotatable bonds is 8. The fourth-order valence-electron chi connectivity index (χ4n) is 9.67. The minimum Gasteiger partial charge on any atom is -0.454 e. The number of aliphatic hydroxyl groups is 2. The molecule has 11 nitrogen and oxygen atoms in total. The SMILES string of the molecule is CC(=O)O[C@@H]1C(C)=C[C@@H]2[C@H](C(C)CN3CCN(Cc4ccccc4)CC3)CC[C@@H](C)[C@]2(O)[C@H]1OC(=O)[C@@H]1C[C@@]2(O)c3cccc(Cl)c3N(C)O[C@H]2N1. The molecule has 3 aliphatic heterocycles. The molecule has 0 amide bonds. The number of hydroxylamine groups is 1. The molecule has 282 valence electrons. The Bertz CT molecular complexity index is 1670. The number of esters is 2. The van der Waals surface area contributed by atoms with Crippen molar-refractivity contribution in [2.45, 2.75) is 89.2 Å². The van der Waals surface area contributed by atoms with Gasteiger partial charge in [0.05, 0.1) is 10.7 Å². The van der Waals surface area contributed by atoms with E-state index in [-0.39, 0.29) is 30.1 Å². The molecule has 7 rings (SSSR count). The third-order valence-corrected chi connectivity index (χ3v) is 12.8. The number of anilines is 1. The van der Waals surface area contributed by atoms with Crippen LogP contribution in [0.25, 0.3) is 0 Å². The third kappa shape index (κ3) is 6.78. The Morgan fingerprint density at radius 2 is 1.75 bits per heavy atom. The summed E-state index contributed by atoms with van der Waals surface area (Å²) in [5.74, 6) is -1.36. The molecule has 52 heavy (non-hydrogen) atoms. The molecule has 2 aliphatic carbocycles. The summed E-state index contributed by atoms with van der Waals surface area (Å²) < 4.78 is 12.2. The quantitative estimate of drug-likeness (QED) is 0.266. The van der Waals surface area contributed by atoms with Gasteiger partial charge in [0.15, 0.2) is 18.4 Å². The van der Waals surface area contributed by atoms with Crippen LogP contribution in [0.3, 0.4) is 0 Å². The van der Waals surface area contributed by atoms with E-state index >= 15 is 0 Å². The highest BCUT2D eigenvalue weighted by Crippen LogP contribution is 2.53. The summed E-state index contributed by atoms with van der Waals surface area (Å²) in [4.78, 5) is 37.6. The van der Waals surface area contributed by atoms with Gasteiger partial charge in [-0.15, -0.1) is 0 Å². The zero-order chi connectivity index (χ0) is 36.9. The van der Waals surface area contributed by atoms with Crippen LogP contribution in [0.5, 0.6) is 0 Å². The summed E-state index contributed by atoms with van der Waals surface area (Å²) in [5.41, 5.74) is 0.118. The molecule has 1 unspecified atom stereocenters. The molecule has 0 aromatic heterocycles. The van der Waals surface area contributed by atoms with Gasteiger partial charge in [0.25, 0.3) is 0 Å². The minimum absolute atomic E-state index is 0.0346. The Labute approximate surface area is 311 Å². The molecular weight excluding hydrogens is 684 g/mol. The van der Waals surface area contributed by atoms with Gasteiger partial charge in [0.1, 0.15) is 17.2 Å². The Kier molecular flexibility index (Phi) is 10.5. The maximum absolute atomic E-state index is 14.2. The van der Waals surface area contributed by atoms with Gasteiger partial charge in [-0.3, -0.25) is 29.7 Å². The first kappa shape index (κ1) is 37.3. The molecule has 5 aliphatic rings. The Morgan fingerprint density at radius 3 is 2.46 bits per heavy atom. The van der Waals surface area contributed by atoms with Crippen LogP contribution in [-0.2, 0) is 36.0 Å². The molecule has 2 saturated heterocycles. The van der Waals surface area contributed by atoms with Crippen LogP contribution in [0, 0.1) is 23.7 Å². The van der Waals surface area contributed by atoms with Gasteiger partial charge in [0.2, 0.25) is 0 Å². The standard InChI is InChI=1S/C40H53ClN4O7/c1-24-20-31-29(25(2)22-44-16-18-45(19-17-44)23-28-10-7-6-8-11-28)15-14-26(3)40(31,49)36(35(24)50-27(4)46)51-37(47)33-21-39(48)30-12-9-13-32(41)34(30)43(5)52-38(39)42-33/h6-13,20,25-26,29,31,33,35-36,38,42,48-49H,14-19,21-23H2,1-5H3/t25?,26-,29+,31-,33+,35-,36+,38-,39-,40-/m1/s1. The average molecular weight is 737 g/mol. The predicted molar refractivity (Wildman–Crippen MR) is 197 cm³/mol. The molecule has 3 fully saturated rings. The van der Waals surface area contributed by atoms with Crippen molar-refractivity contribution in [1.82, 2.24) is 15.1 Å². The summed E-state index contributed by atoms with van der Waals surface area (Å²) in [6.07, 6.45) is 0.669. The summed E-state index contributed by atoms with van der Waals surface area (Å²) in [6.45, 7) is 13.3. The molecular formula is C40H53ClN4O7. The first-order valence-corrected chi connectivity index (χ1v) is 19.1. The lowest BCUT2D eigenvalue weighted by Gasteiger charge is -2.56. The normalized spacial score (nSPS) is 35.5. The van der Waals surface area contributed by atoms with Crippen LogP contribution in [0.15, 0.2) is 60.2 Å². The van der Waals surface area contributed by atoms with Gasteiger partial charge in [-0.05, 0) is 54.7 Å². The van der Waals surface area contributed by atoms with Crippen LogP contribution < -0.4 is 10.4 Å². The van der Waals surface area contributed by atoms with Crippen molar-refractivity contribution in [3.8, 4) is 0 Å². The average Bonchev–Trinajstić information content (AvgIpc) is 3.46.